The number of nitrogens with zero attached hydrogens (tertiary/aromatic N) is 3. The summed E-state index contributed by atoms with van der Waals surface area (Å²) in [5.74, 6) is -0.126. The Kier molecular flexibility index (Phi) is 16.0. The number of unbranched alkanes of at least 4 members (excludes halogenated alkanes) is 2. The number of rotatable bonds is 14. The van der Waals surface area contributed by atoms with Gasteiger partial charge in [-0.25, -0.2) is 4.39 Å². The Hall–Kier alpha value is -2.18. The van der Waals surface area contributed by atoms with Gasteiger partial charge in [-0.2, -0.15) is 0 Å². The second-order valence-corrected chi connectivity index (χ2v) is 9.73. The third-order valence-electron chi connectivity index (χ3n) is 6.77. The van der Waals surface area contributed by atoms with Crippen LogP contribution in [-0.4, -0.2) is 80.0 Å². The minimum Gasteiger partial charge on any atom is -0.375 e. The van der Waals surface area contributed by atoms with Crippen LogP contribution in [0.25, 0.3) is 0 Å². The SMILES string of the molecule is C=C(/C=C(\C)N(C)C1CCN(CCc2ccc(F)cc2)CC1)CNC(=O)CN(C)CCCCC.CC. The molecule has 1 aliphatic heterocycles. The van der Waals surface area contributed by atoms with Gasteiger partial charge in [0.05, 0.1) is 6.54 Å². The summed E-state index contributed by atoms with van der Waals surface area (Å²) in [4.78, 5) is 19.1. The summed E-state index contributed by atoms with van der Waals surface area (Å²) in [6.07, 6.45) is 8.82. The Morgan fingerprint density at radius 1 is 1.17 bits per heavy atom. The molecule has 1 fully saturated rings. The van der Waals surface area contributed by atoms with E-state index in [-0.39, 0.29) is 11.7 Å². The van der Waals surface area contributed by atoms with Gasteiger partial charge in [-0.15, -0.1) is 0 Å². The lowest BCUT2D eigenvalue weighted by atomic mass is 10.0. The number of piperidine rings is 1. The van der Waals surface area contributed by atoms with Gasteiger partial charge in [0.2, 0.25) is 5.91 Å². The Balaban J connectivity index is 0.00000316. The van der Waals surface area contributed by atoms with Gasteiger partial charge in [0, 0.05) is 45.0 Å². The van der Waals surface area contributed by atoms with Gasteiger partial charge < -0.3 is 15.1 Å². The average Bonchev–Trinajstić information content (AvgIpc) is 2.88. The fourth-order valence-electron chi connectivity index (χ4n) is 4.43. The monoisotopic (exact) mass is 502 g/mol. The number of allylic oxidation sites excluding steroid dienone is 1. The van der Waals surface area contributed by atoms with Gasteiger partial charge in [0.15, 0.2) is 0 Å². The van der Waals surface area contributed by atoms with Gasteiger partial charge in [0.25, 0.3) is 0 Å². The minimum atomic E-state index is -0.175. The van der Waals surface area contributed by atoms with Crippen LogP contribution in [0.4, 0.5) is 4.39 Å². The van der Waals surface area contributed by atoms with Crippen LogP contribution in [0.1, 0.15) is 65.4 Å². The lowest BCUT2D eigenvalue weighted by Crippen LogP contribution is -2.43. The predicted octanol–water partition coefficient (Wildman–Crippen LogP) is 5.49. The summed E-state index contributed by atoms with van der Waals surface area (Å²) in [6, 6.07) is 7.35. The Bertz CT molecular complexity index is 785. The zero-order valence-electron chi connectivity index (χ0n) is 23.8. The second-order valence-electron chi connectivity index (χ2n) is 9.73. The van der Waals surface area contributed by atoms with Crippen molar-refractivity contribution in [2.45, 2.75) is 72.3 Å². The van der Waals surface area contributed by atoms with Crippen molar-refractivity contribution >= 4 is 5.91 Å². The van der Waals surface area contributed by atoms with E-state index in [1.807, 2.05) is 33.0 Å². The molecular weight excluding hydrogens is 451 g/mol. The summed E-state index contributed by atoms with van der Waals surface area (Å²) in [6.45, 7) is 17.5. The first-order valence-corrected chi connectivity index (χ1v) is 13.8. The third-order valence-corrected chi connectivity index (χ3v) is 6.77. The number of likely N-dealkylation sites (tertiary alicyclic amines) is 1. The quantitative estimate of drug-likeness (QED) is 0.270. The van der Waals surface area contributed by atoms with Crippen molar-refractivity contribution in [1.82, 2.24) is 20.0 Å². The first-order valence-electron chi connectivity index (χ1n) is 13.8. The van der Waals surface area contributed by atoms with Gasteiger partial charge >= 0.3 is 0 Å². The summed E-state index contributed by atoms with van der Waals surface area (Å²) in [7, 11) is 4.15. The highest BCUT2D eigenvalue weighted by Gasteiger charge is 2.22. The fourth-order valence-corrected chi connectivity index (χ4v) is 4.43. The van der Waals surface area contributed by atoms with Gasteiger partial charge in [-0.3, -0.25) is 9.69 Å². The van der Waals surface area contributed by atoms with Crippen molar-refractivity contribution in [1.29, 1.82) is 0 Å². The van der Waals surface area contributed by atoms with Crippen molar-refractivity contribution < 1.29 is 9.18 Å². The van der Waals surface area contributed by atoms with Crippen molar-refractivity contribution in [3.63, 3.8) is 0 Å². The number of hydrogen-bond donors (Lipinski definition) is 1. The van der Waals surface area contributed by atoms with E-state index in [9.17, 15) is 9.18 Å². The molecule has 1 amide bonds. The van der Waals surface area contributed by atoms with Crippen LogP contribution >= 0.6 is 0 Å². The molecule has 0 spiro atoms. The molecule has 1 aromatic carbocycles. The van der Waals surface area contributed by atoms with Crippen LogP contribution in [0.3, 0.4) is 0 Å². The van der Waals surface area contributed by atoms with E-state index in [2.05, 4.69) is 53.6 Å². The molecule has 2 rings (SSSR count). The maximum atomic E-state index is 13.1. The van der Waals surface area contributed by atoms with E-state index in [4.69, 9.17) is 0 Å². The van der Waals surface area contributed by atoms with E-state index in [1.165, 1.54) is 36.2 Å². The number of nitrogens with one attached hydrogen (secondary N) is 1. The van der Waals surface area contributed by atoms with Gasteiger partial charge in [-0.1, -0.05) is 52.3 Å². The Labute approximate surface area is 220 Å². The van der Waals surface area contributed by atoms with E-state index >= 15 is 0 Å². The van der Waals surface area contributed by atoms with Crippen molar-refractivity contribution in [3.05, 3.63) is 59.6 Å². The van der Waals surface area contributed by atoms with E-state index in [0.717, 1.165) is 57.4 Å². The molecule has 36 heavy (non-hydrogen) atoms. The number of likely N-dealkylation sites (N-methyl/N-ethyl adjacent to an activating group) is 1. The fraction of sp³-hybridized carbons (Fsp3) is 0.633. The number of carbonyl (C=O) groups excluding carboxylic acids is 1. The second kappa shape index (κ2) is 18.1. The molecule has 5 nitrogen and oxygen atoms in total. The zero-order chi connectivity index (χ0) is 26.9. The topological polar surface area (TPSA) is 38.8 Å². The first kappa shape index (κ1) is 31.8. The Morgan fingerprint density at radius 3 is 2.42 bits per heavy atom. The molecule has 0 unspecified atom stereocenters. The van der Waals surface area contributed by atoms with Crippen molar-refractivity contribution in [3.8, 4) is 0 Å². The average molecular weight is 503 g/mol. The lowest BCUT2D eigenvalue weighted by molar-refractivity contribution is -0.121. The highest BCUT2D eigenvalue weighted by molar-refractivity contribution is 5.78. The summed E-state index contributed by atoms with van der Waals surface area (Å²) in [5, 5.41) is 2.99. The highest BCUT2D eigenvalue weighted by atomic mass is 19.1. The van der Waals surface area contributed by atoms with Crippen LogP contribution in [0, 0.1) is 5.82 Å². The lowest BCUT2D eigenvalue weighted by Gasteiger charge is -2.38. The molecule has 6 heteroatoms. The predicted molar refractivity (Wildman–Crippen MR) is 152 cm³/mol. The molecule has 1 heterocycles. The highest BCUT2D eigenvalue weighted by Crippen LogP contribution is 2.20. The molecular formula is C30H51FN4O. The summed E-state index contributed by atoms with van der Waals surface area (Å²) in [5.41, 5.74) is 3.29. The molecule has 204 valence electrons. The maximum Gasteiger partial charge on any atom is 0.234 e. The van der Waals surface area contributed by atoms with E-state index in [0.29, 0.717) is 19.1 Å². The molecule has 0 bridgehead atoms. The van der Waals surface area contributed by atoms with Crippen LogP contribution in [0.2, 0.25) is 0 Å². The van der Waals surface area contributed by atoms with Crippen molar-refractivity contribution in [2.24, 2.45) is 0 Å². The smallest absolute Gasteiger partial charge is 0.234 e. The van der Waals surface area contributed by atoms with Crippen LogP contribution in [0.5, 0.6) is 0 Å². The third kappa shape index (κ3) is 12.7. The maximum absolute atomic E-state index is 13.1. The van der Waals surface area contributed by atoms with Crippen LogP contribution in [0.15, 0.2) is 48.2 Å². The number of halogens is 1. The first-order chi connectivity index (χ1) is 17.3. The Morgan fingerprint density at radius 2 is 1.81 bits per heavy atom. The molecule has 1 aliphatic rings. The molecule has 1 N–H and O–H groups in total. The number of carbonyl (C=O) groups is 1. The molecule has 0 radical (unpaired) electrons. The van der Waals surface area contributed by atoms with Crippen LogP contribution < -0.4 is 5.32 Å². The standard InChI is InChI=1S/C28H45FN4O.C2H6/c1-6-7-8-16-31(4)22-28(34)30-21-23(2)20-24(3)32(5)27-14-18-33(19-15-27)17-13-25-9-11-26(29)12-10-25;1-2/h9-12,20,27H,2,6-8,13-19,21-22H2,1,3-5H3,(H,30,34);1-2H3/b24-20+;. The van der Waals surface area contributed by atoms with Gasteiger partial charge in [-0.05, 0) is 75.5 Å². The largest absolute Gasteiger partial charge is 0.375 e. The molecule has 0 atom stereocenters. The van der Waals surface area contributed by atoms with Crippen LogP contribution in [-0.2, 0) is 11.2 Å². The number of amides is 1. The number of benzene rings is 1. The molecule has 0 saturated carbocycles. The normalized spacial score (nSPS) is 14.8. The van der Waals surface area contributed by atoms with E-state index in [1.54, 1.807) is 0 Å². The molecule has 1 aromatic rings. The van der Waals surface area contributed by atoms with E-state index < -0.39 is 0 Å². The number of hydrogen-bond acceptors (Lipinski definition) is 4. The molecule has 1 saturated heterocycles. The van der Waals surface area contributed by atoms with Gasteiger partial charge in [0.1, 0.15) is 5.82 Å². The summed E-state index contributed by atoms with van der Waals surface area (Å²) >= 11 is 0. The zero-order valence-corrected chi connectivity index (χ0v) is 23.8. The minimum absolute atomic E-state index is 0.0487. The van der Waals surface area contributed by atoms with Crippen molar-refractivity contribution in [2.75, 3.05) is 53.4 Å². The summed E-state index contributed by atoms with van der Waals surface area (Å²) < 4.78 is 13.1. The molecule has 0 aliphatic carbocycles. The molecule has 0 aromatic heterocycles.